The Labute approximate surface area is 471 Å². The van der Waals surface area contributed by atoms with Crippen LogP contribution in [0.25, 0.3) is 90.9 Å². The summed E-state index contributed by atoms with van der Waals surface area (Å²) in [5.74, 6) is 0. The molecule has 8 nitrogen and oxygen atoms in total. The molecule has 5 heterocycles. The number of aromatic nitrogens is 4. The Bertz CT molecular complexity index is 3000. The van der Waals surface area contributed by atoms with E-state index in [1.165, 1.54) is 22.7 Å². The number of quaternary nitrogens is 4. The second-order valence-corrected chi connectivity index (χ2v) is 20.7. The molecule has 0 saturated heterocycles. The molecule has 0 amide bonds. The Balaban J connectivity index is 0.00000216. The Kier molecular flexibility index (Phi) is 17.0. The Morgan fingerprint density at radius 1 is 0.265 bits per heavy atom. The third kappa shape index (κ3) is 11.2. The highest BCUT2D eigenvalue weighted by Crippen LogP contribution is 2.40. The number of fused-ring (bicyclic) bond motifs is 8. The van der Waals surface area contributed by atoms with Gasteiger partial charge in [0.1, 0.15) is 22.7 Å². The van der Waals surface area contributed by atoms with Gasteiger partial charge < -0.3 is 106 Å². The van der Waals surface area contributed by atoms with E-state index < -0.39 is 0 Å². The van der Waals surface area contributed by atoms with Crippen LogP contribution in [0, 0.1) is 0 Å². The standard InChI is InChI=1S/C56H62N8.4HI/c1-61(2,3)41-21-13-37(14-22-41)53-45-29-31-47(57-45)54(38-15-23-42(24-16-38)62(4,5)6)49-33-35-51(59-49)56(40-19-27-44(28-20-40)64(10,11)12)52-36-34-50(60-52)55(48-32-30-46(53)58-48)39-17-25-43(26-18-39)63(7,8)9;;;;/h13-36,57-58H,1-12H3;4*1H/q+4;;;;/p-4. The summed E-state index contributed by atoms with van der Waals surface area (Å²) < 4.78 is 2.91. The Morgan fingerprint density at radius 2 is 0.471 bits per heavy atom. The molecule has 0 unspecified atom stereocenters. The molecule has 2 aliphatic heterocycles. The maximum atomic E-state index is 5.53. The lowest BCUT2D eigenvalue weighted by atomic mass is 10.0. The zero-order valence-electron chi connectivity index (χ0n) is 41.1. The zero-order chi connectivity index (χ0) is 45.3. The van der Waals surface area contributed by atoms with E-state index in [2.05, 4.69) is 240 Å². The summed E-state index contributed by atoms with van der Waals surface area (Å²) >= 11 is 0. The molecule has 9 rings (SSSR count). The van der Waals surface area contributed by atoms with E-state index in [1.54, 1.807) is 0 Å². The van der Waals surface area contributed by atoms with Gasteiger partial charge in [-0.15, -0.1) is 0 Å². The zero-order valence-corrected chi connectivity index (χ0v) is 49.7. The first-order valence-corrected chi connectivity index (χ1v) is 22.1. The van der Waals surface area contributed by atoms with Crippen LogP contribution in [0.1, 0.15) is 22.8 Å². The molecule has 3 aromatic heterocycles. The van der Waals surface area contributed by atoms with E-state index in [9.17, 15) is 0 Å². The van der Waals surface area contributed by atoms with Gasteiger partial charge in [-0.1, -0.05) is 0 Å². The molecule has 68 heavy (non-hydrogen) atoms. The number of hydrogen-bond acceptors (Lipinski definition) is 2. The van der Waals surface area contributed by atoms with E-state index in [1.807, 2.05) is 0 Å². The summed E-state index contributed by atoms with van der Waals surface area (Å²) in [6.07, 6.45) is 8.65. The molecular formula is C56H62I4N8. The minimum Gasteiger partial charge on any atom is -1.00 e. The van der Waals surface area contributed by atoms with Crippen LogP contribution in [0.15, 0.2) is 121 Å². The molecule has 0 saturated carbocycles. The van der Waals surface area contributed by atoms with Crippen LogP contribution < -0.4 is 114 Å². The van der Waals surface area contributed by atoms with Gasteiger partial charge >= 0.3 is 0 Å². The number of halogens is 4. The van der Waals surface area contributed by atoms with Crippen molar-refractivity contribution >= 4 is 69.1 Å². The molecular weight excluding hydrogens is 1290 g/mol. The topological polar surface area (TPSA) is 57.4 Å². The lowest BCUT2D eigenvalue weighted by Crippen LogP contribution is -3.00. The van der Waals surface area contributed by atoms with Crippen molar-refractivity contribution in [3.63, 3.8) is 0 Å². The fourth-order valence-corrected chi connectivity index (χ4v) is 8.72. The Hall–Kier alpha value is -3.76. The van der Waals surface area contributed by atoms with Crippen molar-refractivity contribution < 1.29 is 95.9 Å². The Morgan fingerprint density at radius 3 is 0.721 bits per heavy atom. The summed E-state index contributed by atoms with van der Waals surface area (Å²) in [6.45, 7) is 0. The van der Waals surface area contributed by atoms with Crippen molar-refractivity contribution in [2.24, 2.45) is 0 Å². The summed E-state index contributed by atoms with van der Waals surface area (Å²) in [7, 11) is 26.4. The average Bonchev–Trinajstić information content (AvgIpc) is 4.08. The van der Waals surface area contributed by atoms with Crippen LogP contribution in [0.4, 0.5) is 22.7 Å². The van der Waals surface area contributed by atoms with Crippen molar-refractivity contribution in [3.8, 4) is 44.5 Å². The highest BCUT2D eigenvalue weighted by molar-refractivity contribution is 6.00. The second-order valence-electron chi connectivity index (χ2n) is 20.7. The summed E-state index contributed by atoms with van der Waals surface area (Å²) in [5.41, 5.74) is 20.9. The van der Waals surface area contributed by atoms with E-state index >= 15 is 0 Å². The number of rotatable bonds is 8. The molecule has 12 heteroatoms. The van der Waals surface area contributed by atoms with Crippen molar-refractivity contribution in [2.75, 3.05) is 84.6 Å². The van der Waals surface area contributed by atoms with Gasteiger partial charge in [0.05, 0.1) is 107 Å². The molecule has 7 aromatic rings. The van der Waals surface area contributed by atoms with Gasteiger partial charge in [0.25, 0.3) is 0 Å². The summed E-state index contributed by atoms with van der Waals surface area (Å²) in [5, 5.41) is 0. The number of aromatic amines is 2. The third-order valence-electron chi connectivity index (χ3n) is 12.5. The van der Waals surface area contributed by atoms with Crippen LogP contribution in [0.2, 0.25) is 0 Å². The summed E-state index contributed by atoms with van der Waals surface area (Å²) in [6, 6.07) is 44.6. The van der Waals surface area contributed by atoms with E-state index in [0.717, 1.165) is 107 Å². The number of nitrogens with zero attached hydrogens (tertiary/aromatic N) is 6. The summed E-state index contributed by atoms with van der Waals surface area (Å²) in [4.78, 5) is 18.9. The lowest BCUT2D eigenvalue weighted by Gasteiger charge is -2.23. The van der Waals surface area contributed by atoms with Crippen LogP contribution in [-0.4, -0.2) is 105 Å². The van der Waals surface area contributed by atoms with Crippen molar-refractivity contribution in [1.82, 2.24) is 37.9 Å². The van der Waals surface area contributed by atoms with Crippen molar-refractivity contribution in [3.05, 3.63) is 144 Å². The molecule has 4 aromatic carbocycles. The van der Waals surface area contributed by atoms with Crippen molar-refractivity contribution in [1.29, 1.82) is 0 Å². The fraction of sp³-hybridized carbons (Fsp3) is 0.214. The molecule has 0 atom stereocenters. The molecule has 2 aliphatic rings. The van der Waals surface area contributed by atoms with Gasteiger partial charge in [0.2, 0.25) is 0 Å². The SMILES string of the molecule is C[N+](C)(C)c1ccc(-c2c3nc(c(-c4ccc([N+](C)(C)C)cc4)c4ccc([nH]4)c(-c4ccc([N+](C)(C)C)cc4)c4ccc([nH]4)c(-c4ccc([N+](C)(C)C)cc4)c4nc2C=C4)C=C3)cc1.[I-].[I-].[I-].[I-]. The molecule has 8 bridgehead atoms. The van der Waals surface area contributed by atoms with Gasteiger partial charge in [-0.3, -0.25) is 17.9 Å². The minimum atomic E-state index is 0. The maximum absolute atomic E-state index is 5.53. The van der Waals surface area contributed by atoms with Crippen LogP contribution in [0.5, 0.6) is 0 Å². The number of nitrogens with one attached hydrogen (secondary N) is 2. The lowest BCUT2D eigenvalue weighted by molar-refractivity contribution is -0.00100. The van der Waals surface area contributed by atoms with Gasteiger partial charge in [0, 0.05) is 44.3 Å². The van der Waals surface area contributed by atoms with Crippen LogP contribution >= 0.6 is 0 Å². The maximum Gasteiger partial charge on any atom is 0.132 e. The molecule has 354 valence electrons. The fourth-order valence-electron chi connectivity index (χ4n) is 8.72. The number of hydrogen-bond donors (Lipinski definition) is 2. The first kappa shape index (κ1) is 55.2. The van der Waals surface area contributed by atoms with Crippen molar-refractivity contribution in [2.45, 2.75) is 0 Å². The quantitative estimate of drug-likeness (QED) is 0.168. The highest BCUT2D eigenvalue weighted by atomic mass is 127. The first-order valence-electron chi connectivity index (χ1n) is 22.1. The predicted molar refractivity (Wildman–Crippen MR) is 279 cm³/mol. The van der Waals surface area contributed by atoms with Crippen LogP contribution in [0.3, 0.4) is 0 Å². The second kappa shape index (κ2) is 20.9. The molecule has 0 fully saturated rings. The van der Waals surface area contributed by atoms with Gasteiger partial charge in [0.15, 0.2) is 0 Å². The van der Waals surface area contributed by atoms with Crippen LogP contribution in [-0.2, 0) is 0 Å². The van der Waals surface area contributed by atoms with E-state index in [-0.39, 0.29) is 95.9 Å². The van der Waals surface area contributed by atoms with E-state index in [0.29, 0.717) is 0 Å². The largest absolute Gasteiger partial charge is 1.00 e. The third-order valence-corrected chi connectivity index (χ3v) is 12.5. The first-order chi connectivity index (χ1) is 30.2. The normalized spacial score (nSPS) is 12.4. The molecule has 2 N–H and O–H groups in total. The monoisotopic (exact) mass is 1350 g/mol. The molecule has 0 spiro atoms. The van der Waals surface area contributed by atoms with Gasteiger partial charge in [-0.2, -0.15) is 0 Å². The molecule has 0 aliphatic carbocycles. The highest BCUT2D eigenvalue weighted by Gasteiger charge is 2.22. The number of benzene rings is 4. The smallest absolute Gasteiger partial charge is 0.132 e. The van der Waals surface area contributed by atoms with E-state index in [4.69, 9.17) is 9.97 Å². The minimum absolute atomic E-state index is 0. The average molecular weight is 1350 g/mol. The number of H-pyrrole nitrogens is 2. The predicted octanol–water partition coefficient (Wildman–Crippen LogP) is 0.126. The van der Waals surface area contributed by atoms with Gasteiger partial charge in [-0.25, -0.2) is 9.97 Å². The van der Waals surface area contributed by atoms with Gasteiger partial charge in [-0.05, 0) is 168 Å². The molecule has 0 radical (unpaired) electrons.